The Morgan fingerprint density at radius 1 is 1.15 bits per heavy atom. The highest BCUT2D eigenvalue weighted by atomic mass is 16.2. The molecule has 2 aliphatic rings. The molecular weight excluding hydrogens is 414 g/mol. The van der Waals surface area contributed by atoms with Crippen molar-refractivity contribution in [1.82, 2.24) is 29.7 Å². The van der Waals surface area contributed by atoms with Crippen molar-refractivity contribution in [1.29, 1.82) is 0 Å². The minimum Gasteiger partial charge on any atom is -0.356 e. The first kappa shape index (κ1) is 23.8. The predicted octanol–water partition coefficient (Wildman–Crippen LogP) is 3.63. The van der Waals surface area contributed by atoms with Crippen molar-refractivity contribution in [3.8, 4) is 0 Å². The summed E-state index contributed by atoms with van der Waals surface area (Å²) in [6.45, 7) is 9.31. The van der Waals surface area contributed by atoms with E-state index >= 15 is 0 Å². The molecule has 2 aromatic rings. The van der Waals surface area contributed by atoms with Crippen molar-refractivity contribution in [2.75, 3.05) is 26.0 Å². The van der Waals surface area contributed by atoms with Crippen LogP contribution in [0, 0.1) is 5.92 Å². The highest BCUT2D eigenvalue weighted by Crippen LogP contribution is 2.36. The first-order chi connectivity index (χ1) is 15.7. The summed E-state index contributed by atoms with van der Waals surface area (Å²) in [7, 11) is 4.35. The second-order valence-corrected chi connectivity index (χ2v) is 11.0. The molecule has 1 aliphatic heterocycles. The van der Waals surface area contributed by atoms with Gasteiger partial charge in [-0.2, -0.15) is 0 Å². The number of nitrogens with one attached hydrogen (secondary N) is 1. The third-order valence-electron chi connectivity index (χ3n) is 7.30. The first-order valence-electron chi connectivity index (χ1n) is 12.4. The van der Waals surface area contributed by atoms with Crippen LogP contribution < -0.4 is 5.32 Å². The lowest BCUT2D eigenvalue weighted by Gasteiger charge is -2.43. The van der Waals surface area contributed by atoms with Crippen molar-refractivity contribution in [3.05, 3.63) is 18.3 Å². The maximum atomic E-state index is 13.5. The molecule has 0 aromatic carbocycles. The average Bonchev–Trinajstić information content (AvgIpc) is 3.13. The van der Waals surface area contributed by atoms with Gasteiger partial charge in [0.1, 0.15) is 29.2 Å². The second kappa shape index (κ2) is 9.49. The molecule has 1 saturated carbocycles. The van der Waals surface area contributed by atoms with Crippen LogP contribution in [0.2, 0.25) is 0 Å². The number of anilines is 1. The standard InChI is InChI=1S/C25H39N7O/c1-7-8-16-13-17(31(5)6)9-10-20(16)32-12-11-18(23(32)33)29-22-21-19(27-15-28-22)14-26-24(30-21)25(2,3)4/h14-18,20H,7-13H2,1-6H3,(H,27,28,29)/t16-,17-,18+,20+/m1/s1. The van der Waals surface area contributed by atoms with E-state index in [9.17, 15) is 4.79 Å². The zero-order chi connectivity index (χ0) is 23.8. The Kier molecular flexibility index (Phi) is 6.84. The van der Waals surface area contributed by atoms with Gasteiger partial charge in [-0.1, -0.05) is 34.1 Å². The van der Waals surface area contributed by atoms with Gasteiger partial charge in [0.25, 0.3) is 0 Å². The smallest absolute Gasteiger partial charge is 0.245 e. The number of nitrogens with zero attached hydrogens (tertiary/aromatic N) is 6. The summed E-state index contributed by atoms with van der Waals surface area (Å²) in [6.07, 6.45) is 9.81. The monoisotopic (exact) mass is 453 g/mol. The number of hydrogen-bond acceptors (Lipinski definition) is 7. The fraction of sp³-hybridized carbons (Fsp3) is 0.720. The number of carbonyl (C=O) groups excluding carboxylic acids is 1. The molecule has 33 heavy (non-hydrogen) atoms. The number of fused-ring (bicyclic) bond motifs is 1. The number of rotatable bonds is 6. The molecule has 180 valence electrons. The Hall–Kier alpha value is -2.35. The van der Waals surface area contributed by atoms with E-state index in [2.05, 4.69) is 71.9 Å². The second-order valence-electron chi connectivity index (χ2n) is 11.0. The van der Waals surface area contributed by atoms with Gasteiger partial charge in [-0.25, -0.2) is 19.9 Å². The lowest BCUT2D eigenvalue weighted by molar-refractivity contribution is -0.132. The largest absolute Gasteiger partial charge is 0.356 e. The molecule has 1 amide bonds. The molecule has 8 nitrogen and oxygen atoms in total. The number of aromatic nitrogens is 4. The van der Waals surface area contributed by atoms with E-state index < -0.39 is 0 Å². The highest BCUT2D eigenvalue weighted by Gasteiger charge is 2.41. The number of hydrogen-bond donors (Lipinski definition) is 1. The van der Waals surface area contributed by atoms with Crippen LogP contribution in [0.15, 0.2) is 12.5 Å². The molecule has 0 unspecified atom stereocenters. The summed E-state index contributed by atoms with van der Waals surface area (Å²) in [6, 6.07) is 0.691. The lowest BCUT2D eigenvalue weighted by atomic mass is 9.78. The Morgan fingerprint density at radius 3 is 2.64 bits per heavy atom. The lowest BCUT2D eigenvalue weighted by Crippen LogP contribution is -2.49. The topological polar surface area (TPSA) is 87.1 Å². The summed E-state index contributed by atoms with van der Waals surface area (Å²) in [5.74, 6) is 2.13. The van der Waals surface area contributed by atoms with E-state index in [-0.39, 0.29) is 17.4 Å². The van der Waals surface area contributed by atoms with Crippen molar-refractivity contribution in [3.63, 3.8) is 0 Å². The molecule has 1 N–H and O–H groups in total. The third kappa shape index (κ3) is 4.95. The zero-order valence-electron chi connectivity index (χ0n) is 21.0. The number of amides is 1. The third-order valence-corrected chi connectivity index (χ3v) is 7.30. The molecule has 1 aliphatic carbocycles. The normalized spacial score (nSPS) is 26.4. The van der Waals surface area contributed by atoms with Gasteiger partial charge in [0, 0.05) is 24.0 Å². The summed E-state index contributed by atoms with van der Waals surface area (Å²) in [5.41, 5.74) is 1.19. The molecule has 8 heteroatoms. The minimum atomic E-state index is -0.273. The highest BCUT2D eigenvalue weighted by molar-refractivity contribution is 5.90. The van der Waals surface area contributed by atoms with Gasteiger partial charge >= 0.3 is 0 Å². The molecule has 1 saturated heterocycles. The van der Waals surface area contributed by atoms with Gasteiger partial charge in [-0.3, -0.25) is 4.79 Å². The SMILES string of the molecule is CCC[C@@H]1C[C@H](N(C)C)CC[C@@H]1N1CC[C@H](Nc2ncnc3cnc(C(C)(C)C)nc23)C1=O. The van der Waals surface area contributed by atoms with Gasteiger partial charge < -0.3 is 15.1 Å². The molecular formula is C25H39N7O. The van der Waals surface area contributed by atoms with Gasteiger partial charge in [-0.05, 0) is 52.1 Å². The van der Waals surface area contributed by atoms with Crippen LogP contribution >= 0.6 is 0 Å². The number of carbonyl (C=O) groups is 1. The summed E-state index contributed by atoms with van der Waals surface area (Å²) < 4.78 is 0. The molecule has 4 atom stereocenters. The Morgan fingerprint density at radius 2 is 1.94 bits per heavy atom. The number of likely N-dealkylation sites (tertiary alicyclic amines) is 1. The maximum absolute atomic E-state index is 13.5. The molecule has 3 heterocycles. The van der Waals surface area contributed by atoms with Crippen molar-refractivity contribution < 1.29 is 4.79 Å². The van der Waals surface area contributed by atoms with Crippen LogP contribution in [0.3, 0.4) is 0 Å². The van der Waals surface area contributed by atoms with Gasteiger partial charge in [-0.15, -0.1) is 0 Å². The summed E-state index contributed by atoms with van der Waals surface area (Å²) in [5, 5.41) is 3.41. The van der Waals surface area contributed by atoms with Crippen LogP contribution in [0.25, 0.3) is 11.0 Å². The van der Waals surface area contributed by atoms with Crippen molar-refractivity contribution >= 4 is 22.8 Å². The van der Waals surface area contributed by atoms with E-state index in [1.54, 1.807) is 6.20 Å². The zero-order valence-corrected chi connectivity index (χ0v) is 21.0. The van der Waals surface area contributed by atoms with Crippen LogP contribution in [0.4, 0.5) is 5.82 Å². The average molecular weight is 454 g/mol. The molecule has 2 fully saturated rings. The fourth-order valence-corrected chi connectivity index (χ4v) is 5.43. The van der Waals surface area contributed by atoms with Gasteiger partial charge in [0.2, 0.25) is 5.91 Å². The van der Waals surface area contributed by atoms with E-state index in [4.69, 9.17) is 4.98 Å². The Labute approximate surface area is 197 Å². The van der Waals surface area contributed by atoms with Crippen LogP contribution in [-0.2, 0) is 10.2 Å². The van der Waals surface area contributed by atoms with E-state index in [0.717, 1.165) is 38.1 Å². The molecule has 0 radical (unpaired) electrons. The molecule has 0 bridgehead atoms. The fourth-order valence-electron chi connectivity index (χ4n) is 5.43. The van der Waals surface area contributed by atoms with E-state index in [1.807, 2.05) is 0 Å². The molecule has 0 spiro atoms. The van der Waals surface area contributed by atoms with E-state index in [0.29, 0.717) is 34.9 Å². The van der Waals surface area contributed by atoms with Crippen LogP contribution in [-0.4, -0.2) is 74.4 Å². The summed E-state index contributed by atoms with van der Waals surface area (Å²) in [4.78, 5) is 36.0. The van der Waals surface area contributed by atoms with E-state index in [1.165, 1.54) is 19.2 Å². The van der Waals surface area contributed by atoms with Gasteiger partial charge in [0.15, 0.2) is 5.82 Å². The Balaban J connectivity index is 1.52. The summed E-state index contributed by atoms with van der Waals surface area (Å²) >= 11 is 0. The molecule has 2 aromatic heterocycles. The van der Waals surface area contributed by atoms with Crippen molar-refractivity contribution in [2.45, 2.75) is 89.8 Å². The first-order valence-corrected chi connectivity index (χ1v) is 12.4. The predicted molar refractivity (Wildman–Crippen MR) is 131 cm³/mol. The maximum Gasteiger partial charge on any atom is 0.245 e. The minimum absolute atomic E-state index is 0.180. The van der Waals surface area contributed by atoms with Crippen LogP contribution in [0.1, 0.15) is 72.0 Å². The Bertz CT molecular complexity index is 986. The van der Waals surface area contributed by atoms with Gasteiger partial charge in [0.05, 0.1) is 6.20 Å². The quantitative estimate of drug-likeness (QED) is 0.715. The van der Waals surface area contributed by atoms with Crippen molar-refractivity contribution in [2.24, 2.45) is 5.92 Å². The van der Waals surface area contributed by atoms with Crippen LogP contribution in [0.5, 0.6) is 0 Å². The molecule has 4 rings (SSSR count).